The van der Waals surface area contributed by atoms with Crippen molar-refractivity contribution in [1.29, 1.82) is 0 Å². The van der Waals surface area contributed by atoms with Gasteiger partial charge in [-0.15, -0.1) is 0 Å². The first-order valence-corrected chi connectivity index (χ1v) is 10.2. The van der Waals surface area contributed by atoms with Crippen LogP contribution in [0.4, 0.5) is 5.95 Å². The van der Waals surface area contributed by atoms with Crippen LogP contribution in [0.2, 0.25) is 0 Å². The summed E-state index contributed by atoms with van der Waals surface area (Å²) in [7, 11) is 0. The molecule has 8 heteroatoms. The molecule has 1 aromatic carbocycles. The molecule has 0 atom stereocenters. The first kappa shape index (κ1) is 19.4. The van der Waals surface area contributed by atoms with Crippen LogP contribution in [0, 0.1) is 0 Å². The average molecular weight is 397 g/mol. The number of ether oxygens (including phenoxy) is 2. The molecular weight excluding hydrogens is 370 g/mol. The fourth-order valence-corrected chi connectivity index (χ4v) is 3.50. The largest absolute Gasteiger partial charge is 0.454 e. The standard InChI is InChI=1S/C21H27N5O3/c1-2-3-6-22-21-23-12-17(13-24-21)20(27)26-9-7-25(8-10-26)14-16-4-5-18-19(11-16)29-15-28-18/h4-5,11-13H,2-3,6-10,14-15H2,1H3,(H,22,23,24). The van der Waals surface area contributed by atoms with Crippen molar-refractivity contribution in [3.05, 3.63) is 41.7 Å². The molecule has 29 heavy (non-hydrogen) atoms. The summed E-state index contributed by atoms with van der Waals surface area (Å²) in [4.78, 5) is 25.5. The molecule has 1 saturated heterocycles. The van der Waals surface area contributed by atoms with E-state index >= 15 is 0 Å². The van der Waals surface area contributed by atoms with E-state index in [1.807, 2.05) is 17.0 Å². The molecule has 0 unspecified atom stereocenters. The lowest BCUT2D eigenvalue weighted by atomic mass is 10.1. The van der Waals surface area contributed by atoms with E-state index in [0.717, 1.165) is 50.5 Å². The summed E-state index contributed by atoms with van der Waals surface area (Å²) in [6, 6.07) is 6.06. The molecule has 1 amide bonds. The molecule has 2 aliphatic heterocycles. The van der Waals surface area contributed by atoms with Crippen LogP contribution in [0.15, 0.2) is 30.6 Å². The van der Waals surface area contributed by atoms with E-state index in [1.54, 1.807) is 12.4 Å². The number of carbonyl (C=O) groups excluding carboxylic acids is 1. The molecule has 0 aliphatic carbocycles. The first-order valence-electron chi connectivity index (χ1n) is 10.2. The monoisotopic (exact) mass is 397 g/mol. The van der Waals surface area contributed by atoms with Crippen molar-refractivity contribution in [2.24, 2.45) is 0 Å². The molecule has 0 radical (unpaired) electrons. The van der Waals surface area contributed by atoms with Gasteiger partial charge >= 0.3 is 0 Å². The average Bonchev–Trinajstić information content (AvgIpc) is 3.22. The normalized spacial score (nSPS) is 16.1. The van der Waals surface area contributed by atoms with Crippen LogP contribution in [-0.2, 0) is 6.54 Å². The van der Waals surface area contributed by atoms with Crippen molar-refractivity contribution in [2.75, 3.05) is 44.8 Å². The SMILES string of the molecule is CCCCNc1ncc(C(=O)N2CCN(Cc3ccc4c(c3)OCO4)CC2)cn1. The minimum atomic E-state index is -0.00663. The smallest absolute Gasteiger partial charge is 0.257 e. The van der Waals surface area contributed by atoms with Gasteiger partial charge < -0.3 is 19.7 Å². The Morgan fingerprint density at radius 2 is 1.86 bits per heavy atom. The summed E-state index contributed by atoms with van der Waals surface area (Å²) in [5.74, 6) is 2.18. The predicted octanol–water partition coefficient (Wildman–Crippen LogP) is 2.38. The van der Waals surface area contributed by atoms with Gasteiger partial charge in [0.15, 0.2) is 11.5 Å². The third kappa shape index (κ3) is 4.76. The highest BCUT2D eigenvalue weighted by molar-refractivity contribution is 5.93. The Kier molecular flexibility index (Phi) is 6.09. The van der Waals surface area contributed by atoms with Crippen molar-refractivity contribution in [3.63, 3.8) is 0 Å². The number of hydrogen-bond acceptors (Lipinski definition) is 7. The van der Waals surface area contributed by atoms with Gasteiger partial charge in [-0.25, -0.2) is 9.97 Å². The number of amides is 1. The predicted molar refractivity (Wildman–Crippen MR) is 109 cm³/mol. The van der Waals surface area contributed by atoms with E-state index in [-0.39, 0.29) is 5.91 Å². The maximum absolute atomic E-state index is 12.7. The number of nitrogens with one attached hydrogen (secondary N) is 1. The Labute approximate surface area is 170 Å². The highest BCUT2D eigenvalue weighted by Gasteiger charge is 2.23. The van der Waals surface area contributed by atoms with E-state index in [9.17, 15) is 4.79 Å². The van der Waals surface area contributed by atoms with E-state index < -0.39 is 0 Å². The lowest BCUT2D eigenvalue weighted by molar-refractivity contribution is 0.0627. The van der Waals surface area contributed by atoms with Crippen molar-refractivity contribution in [3.8, 4) is 11.5 Å². The zero-order valence-electron chi connectivity index (χ0n) is 16.8. The topological polar surface area (TPSA) is 79.8 Å². The van der Waals surface area contributed by atoms with Gasteiger partial charge in [-0.05, 0) is 24.1 Å². The Morgan fingerprint density at radius 3 is 2.62 bits per heavy atom. The maximum Gasteiger partial charge on any atom is 0.257 e. The second-order valence-electron chi connectivity index (χ2n) is 7.33. The first-order chi connectivity index (χ1) is 14.2. The van der Waals surface area contributed by atoms with Gasteiger partial charge in [0.25, 0.3) is 5.91 Å². The molecule has 154 valence electrons. The molecule has 0 spiro atoms. The van der Waals surface area contributed by atoms with Crippen molar-refractivity contribution >= 4 is 11.9 Å². The van der Waals surface area contributed by atoms with Crippen LogP contribution in [0.25, 0.3) is 0 Å². The number of rotatable bonds is 7. The number of anilines is 1. The summed E-state index contributed by atoms with van der Waals surface area (Å²) in [6.45, 7) is 7.16. The lowest BCUT2D eigenvalue weighted by Gasteiger charge is -2.34. The fraction of sp³-hybridized carbons (Fsp3) is 0.476. The molecule has 1 fully saturated rings. The van der Waals surface area contributed by atoms with Crippen molar-refractivity contribution < 1.29 is 14.3 Å². The minimum Gasteiger partial charge on any atom is -0.454 e. The molecule has 1 aromatic heterocycles. The van der Waals surface area contributed by atoms with E-state index in [4.69, 9.17) is 9.47 Å². The van der Waals surface area contributed by atoms with E-state index in [2.05, 4.69) is 33.2 Å². The maximum atomic E-state index is 12.7. The van der Waals surface area contributed by atoms with Gasteiger partial charge in [-0.2, -0.15) is 0 Å². The summed E-state index contributed by atoms with van der Waals surface area (Å²) in [5, 5.41) is 3.17. The molecule has 2 aliphatic rings. The molecule has 0 saturated carbocycles. The van der Waals surface area contributed by atoms with Crippen LogP contribution < -0.4 is 14.8 Å². The molecule has 2 aromatic rings. The second kappa shape index (κ2) is 9.09. The van der Waals surface area contributed by atoms with Crippen LogP contribution in [0.1, 0.15) is 35.7 Å². The number of unbranched alkanes of at least 4 members (excludes halogenated alkanes) is 1. The van der Waals surface area contributed by atoms with Crippen LogP contribution in [0.5, 0.6) is 11.5 Å². The summed E-state index contributed by atoms with van der Waals surface area (Å²) in [6.07, 6.45) is 5.41. The summed E-state index contributed by atoms with van der Waals surface area (Å²) < 4.78 is 10.8. The number of aromatic nitrogens is 2. The number of carbonyl (C=O) groups is 1. The van der Waals surface area contributed by atoms with Crippen molar-refractivity contribution in [1.82, 2.24) is 19.8 Å². The fourth-order valence-electron chi connectivity index (χ4n) is 3.50. The van der Waals surface area contributed by atoms with Crippen LogP contribution in [-0.4, -0.2) is 65.2 Å². The Balaban J connectivity index is 1.27. The molecule has 0 bridgehead atoms. The zero-order valence-corrected chi connectivity index (χ0v) is 16.8. The molecule has 1 N–H and O–H groups in total. The van der Waals surface area contributed by atoms with Gasteiger partial charge in [0, 0.05) is 51.7 Å². The Bertz CT molecular complexity index is 835. The highest BCUT2D eigenvalue weighted by atomic mass is 16.7. The van der Waals surface area contributed by atoms with E-state index in [1.165, 1.54) is 5.56 Å². The number of nitrogens with zero attached hydrogens (tertiary/aromatic N) is 4. The van der Waals surface area contributed by atoms with Gasteiger partial charge in [-0.3, -0.25) is 9.69 Å². The Hall–Kier alpha value is -2.87. The number of piperazine rings is 1. The summed E-state index contributed by atoms with van der Waals surface area (Å²) >= 11 is 0. The minimum absolute atomic E-state index is 0.00663. The summed E-state index contributed by atoms with van der Waals surface area (Å²) in [5.41, 5.74) is 1.73. The van der Waals surface area contributed by atoms with Gasteiger partial charge in [-0.1, -0.05) is 19.4 Å². The van der Waals surface area contributed by atoms with Gasteiger partial charge in [0.1, 0.15) is 0 Å². The number of fused-ring (bicyclic) bond motifs is 1. The van der Waals surface area contributed by atoms with Gasteiger partial charge in [0.05, 0.1) is 5.56 Å². The third-order valence-electron chi connectivity index (χ3n) is 5.21. The van der Waals surface area contributed by atoms with E-state index in [0.29, 0.717) is 31.4 Å². The Morgan fingerprint density at radius 1 is 1.10 bits per heavy atom. The quantitative estimate of drug-likeness (QED) is 0.719. The zero-order chi connectivity index (χ0) is 20.1. The molecule has 3 heterocycles. The highest BCUT2D eigenvalue weighted by Crippen LogP contribution is 2.32. The lowest BCUT2D eigenvalue weighted by Crippen LogP contribution is -2.48. The molecule has 4 rings (SSSR count). The second-order valence-corrected chi connectivity index (χ2v) is 7.33. The number of hydrogen-bond donors (Lipinski definition) is 1. The third-order valence-corrected chi connectivity index (χ3v) is 5.21. The molecule has 8 nitrogen and oxygen atoms in total. The van der Waals surface area contributed by atoms with Crippen LogP contribution in [0.3, 0.4) is 0 Å². The molecular formula is C21H27N5O3. The van der Waals surface area contributed by atoms with Gasteiger partial charge in [0.2, 0.25) is 12.7 Å². The number of benzene rings is 1. The van der Waals surface area contributed by atoms with Crippen molar-refractivity contribution in [2.45, 2.75) is 26.3 Å². The van der Waals surface area contributed by atoms with Crippen LogP contribution >= 0.6 is 0 Å².